The number of benzene rings is 2. The third-order valence-corrected chi connectivity index (χ3v) is 3.17. The minimum Gasteiger partial charge on any atom is -0.496 e. The number of carbonyl (C=O) groups is 1. The minimum absolute atomic E-state index is 0.0686. The Morgan fingerprint density at radius 1 is 1.29 bits per heavy atom. The van der Waals surface area contributed by atoms with Crippen molar-refractivity contribution in [2.75, 3.05) is 12.4 Å². The van der Waals surface area contributed by atoms with Crippen molar-refractivity contribution in [1.29, 1.82) is 0 Å². The van der Waals surface area contributed by atoms with Crippen molar-refractivity contribution in [1.82, 2.24) is 0 Å². The van der Waals surface area contributed by atoms with Gasteiger partial charge in [0.1, 0.15) is 11.6 Å². The van der Waals surface area contributed by atoms with Crippen LogP contribution < -0.4 is 10.1 Å². The molecule has 0 bridgehead atoms. The molecule has 5 heteroatoms. The van der Waals surface area contributed by atoms with Crippen molar-refractivity contribution in [3.8, 4) is 5.75 Å². The molecule has 0 aliphatic heterocycles. The molecule has 0 aliphatic carbocycles. The third kappa shape index (κ3) is 3.51. The zero-order chi connectivity index (χ0) is 15.4. The standard InChI is InChI=1S/C16H16FNO3/c1-10-7-13(4-6-15(10)21-2)18-9-12-8-11(16(19)20)3-5-14(12)17/h3-8,18H,9H2,1-2H3,(H,19,20). The first kappa shape index (κ1) is 14.8. The van der Waals surface area contributed by atoms with Gasteiger partial charge in [-0.05, 0) is 48.9 Å². The normalized spacial score (nSPS) is 10.2. The Balaban J connectivity index is 2.14. The quantitative estimate of drug-likeness (QED) is 0.885. The second kappa shape index (κ2) is 6.26. The Labute approximate surface area is 122 Å². The Hall–Kier alpha value is -2.56. The van der Waals surface area contributed by atoms with Crippen molar-refractivity contribution < 1.29 is 19.0 Å². The zero-order valence-corrected chi connectivity index (χ0v) is 11.8. The molecule has 21 heavy (non-hydrogen) atoms. The molecule has 0 spiro atoms. The number of halogens is 1. The molecule has 0 fully saturated rings. The molecule has 2 N–H and O–H groups in total. The van der Waals surface area contributed by atoms with Crippen LogP contribution in [0.5, 0.6) is 5.75 Å². The molecule has 0 heterocycles. The van der Waals surface area contributed by atoms with E-state index < -0.39 is 11.8 Å². The first-order valence-electron chi connectivity index (χ1n) is 6.41. The fourth-order valence-corrected chi connectivity index (χ4v) is 2.03. The van der Waals surface area contributed by atoms with Gasteiger partial charge in [0.15, 0.2) is 0 Å². The lowest BCUT2D eigenvalue weighted by Crippen LogP contribution is -2.05. The summed E-state index contributed by atoms with van der Waals surface area (Å²) in [5.74, 6) is -0.728. The fourth-order valence-electron chi connectivity index (χ4n) is 2.03. The molecule has 4 nitrogen and oxygen atoms in total. The largest absolute Gasteiger partial charge is 0.496 e. The van der Waals surface area contributed by atoms with Crippen LogP contribution in [0, 0.1) is 12.7 Å². The topological polar surface area (TPSA) is 58.6 Å². The molecule has 2 rings (SSSR count). The summed E-state index contributed by atoms with van der Waals surface area (Å²) in [6.07, 6.45) is 0. The maximum absolute atomic E-state index is 13.7. The van der Waals surface area contributed by atoms with E-state index in [2.05, 4.69) is 5.32 Å². The number of aromatic carboxylic acids is 1. The van der Waals surface area contributed by atoms with E-state index in [4.69, 9.17) is 9.84 Å². The van der Waals surface area contributed by atoms with Gasteiger partial charge in [-0.2, -0.15) is 0 Å². The summed E-state index contributed by atoms with van der Waals surface area (Å²) in [6.45, 7) is 2.12. The number of methoxy groups -OCH3 is 1. The summed E-state index contributed by atoms with van der Waals surface area (Å²) in [6, 6.07) is 9.28. The number of nitrogens with one attached hydrogen (secondary N) is 1. The summed E-state index contributed by atoms with van der Waals surface area (Å²) >= 11 is 0. The molecule has 0 atom stereocenters. The zero-order valence-electron chi connectivity index (χ0n) is 11.8. The van der Waals surface area contributed by atoms with Gasteiger partial charge >= 0.3 is 5.97 Å². The van der Waals surface area contributed by atoms with Crippen LogP contribution in [-0.2, 0) is 6.54 Å². The van der Waals surface area contributed by atoms with Gasteiger partial charge in [0, 0.05) is 17.8 Å². The van der Waals surface area contributed by atoms with Crippen molar-refractivity contribution in [2.24, 2.45) is 0 Å². The molecular formula is C16H16FNO3. The van der Waals surface area contributed by atoms with Crippen LogP contribution in [0.3, 0.4) is 0 Å². The summed E-state index contributed by atoms with van der Waals surface area (Å²) in [5, 5.41) is 12.0. The fraction of sp³-hybridized carbons (Fsp3) is 0.188. The van der Waals surface area contributed by atoms with Gasteiger partial charge in [-0.15, -0.1) is 0 Å². The molecule has 0 aliphatic rings. The summed E-state index contributed by atoms with van der Waals surface area (Å²) in [7, 11) is 1.60. The Kier molecular flexibility index (Phi) is 4.42. The van der Waals surface area contributed by atoms with Crippen LogP contribution in [0.4, 0.5) is 10.1 Å². The van der Waals surface area contributed by atoms with E-state index in [1.807, 2.05) is 25.1 Å². The highest BCUT2D eigenvalue weighted by molar-refractivity contribution is 5.87. The number of rotatable bonds is 5. The summed E-state index contributed by atoms with van der Waals surface area (Å²) in [5.41, 5.74) is 2.15. The Bertz CT molecular complexity index is 671. The van der Waals surface area contributed by atoms with E-state index in [1.54, 1.807) is 7.11 Å². The third-order valence-electron chi connectivity index (χ3n) is 3.17. The predicted molar refractivity (Wildman–Crippen MR) is 78.4 cm³/mol. The van der Waals surface area contributed by atoms with Crippen molar-refractivity contribution in [3.63, 3.8) is 0 Å². The molecule has 0 amide bonds. The SMILES string of the molecule is COc1ccc(NCc2cc(C(=O)O)ccc2F)cc1C. The van der Waals surface area contributed by atoms with Crippen LogP contribution in [-0.4, -0.2) is 18.2 Å². The van der Waals surface area contributed by atoms with Crippen molar-refractivity contribution in [2.45, 2.75) is 13.5 Å². The highest BCUT2D eigenvalue weighted by atomic mass is 19.1. The number of hydrogen-bond donors (Lipinski definition) is 2. The van der Waals surface area contributed by atoms with Gasteiger partial charge in [-0.3, -0.25) is 0 Å². The molecule has 0 aromatic heterocycles. The van der Waals surface area contributed by atoms with Crippen LogP contribution in [0.2, 0.25) is 0 Å². The highest BCUT2D eigenvalue weighted by Gasteiger charge is 2.08. The first-order chi connectivity index (χ1) is 10.0. The lowest BCUT2D eigenvalue weighted by atomic mass is 10.1. The lowest BCUT2D eigenvalue weighted by Gasteiger charge is -2.11. The van der Waals surface area contributed by atoms with E-state index in [0.717, 1.165) is 17.0 Å². The number of anilines is 1. The van der Waals surface area contributed by atoms with Crippen LogP contribution in [0.25, 0.3) is 0 Å². The minimum atomic E-state index is -1.07. The van der Waals surface area contributed by atoms with Gasteiger partial charge in [-0.25, -0.2) is 9.18 Å². The molecule has 110 valence electrons. The highest BCUT2D eigenvalue weighted by Crippen LogP contribution is 2.22. The van der Waals surface area contributed by atoms with E-state index in [0.29, 0.717) is 5.56 Å². The molecule has 0 unspecified atom stereocenters. The smallest absolute Gasteiger partial charge is 0.335 e. The second-order valence-corrected chi connectivity index (χ2v) is 4.65. The molecule has 2 aromatic rings. The molecule has 0 radical (unpaired) electrons. The first-order valence-corrected chi connectivity index (χ1v) is 6.41. The predicted octanol–water partition coefficient (Wildman–Crippen LogP) is 3.45. The second-order valence-electron chi connectivity index (χ2n) is 4.65. The Morgan fingerprint density at radius 2 is 2.05 bits per heavy atom. The van der Waals surface area contributed by atoms with Crippen LogP contribution in [0.15, 0.2) is 36.4 Å². The van der Waals surface area contributed by atoms with Crippen molar-refractivity contribution >= 4 is 11.7 Å². The molecule has 2 aromatic carbocycles. The number of ether oxygens (including phenoxy) is 1. The average molecular weight is 289 g/mol. The van der Waals surface area contributed by atoms with Gasteiger partial charge < -0.3 is 15.2 Å². The van der Waals surface area contributed by atoms with E-state index in [1.165, 1.54) is 18.2 Å². The van der Waals surface area contributed by atoms with Gasteiger partial charge in [0.2, 0.25) is 0 Å². The van der Waals surface area contributed by atoms with E-state index in [9.17, 15) is 9.18 Å². The molecular weight excluding hydrogens is 273 g/mol. The summed E-state index contributed by atoms with van der Waals surface area (Å²) < 4.78 is 18.9. The number of carboxylic acid groups (broad SMARTS) is 1. The summed E-state index contributed by atoms with van der Waals surface area (Å²) in [4.78, 5) is 10.9. The van der Waals surface area contributed by atoms with Gasteiger partial charge in [0.05, 0.1) is 12.7 Å². The lowest BCUT2D eigenvalue weighted by molar-refractivity contribution is 0.0696. The van der Waals surface area contributed by atoms with Gasteiger partial charge in [0.25, 0.3) is 0 Å². The molecule has 0 saturated heterocycles. The van der Waals surface area contributed by atoms with Crippen LogP contribution >= 0.6 is 0 Å². The van der Waals surface area contributed by atoms with Crippen LogP contribution in [0.1, 0.15) is 21.5 Å². The molecule has 0 saturated carbocycles. The van der Waals surface area contributed by atoms with E-state index >= 15 is 0 Å². The maximum atomic E-state index is 13.7. The number of carboxylic acids is 1. The van der Waals surface area contributed by atoms with E-state index in [-0.39, 0.29) is 12.1 Å². The van der Waals surface area contributed by atoms with Gasteiger partial charge in [-0.1, -0.05) is 0 Å². The van der Waals surface area contributed by atoms with Crippen molar-refractivity contribution in [3.05, 3.63) is 58.9 Å². The maximum Gasteiger partial charge on any atom is 0.335 e. The monoisotopic (exact) mass is 289 g/mol. The number of aryl methyl sites for hydroxylation is 1. The Morgan fingerprint density at radius 3 is 2.67 bits per heavy atom. The number of hydrogen-bond acceptors (Lipinski definition) is 3. The average Bonchev–Trinajstić information content (AvgIpc) is 2.46.